The van der Waals surface area contributed by atoms with Gasteiger partial charge in [0.25, 0.3) is 0 Å². The predicted octanol–water partition coefficient (Wildman–Crippen LogP) is 2.34. The first-order valence-corrected chi connectivity index (χ1v) is 7.25. The van der Waals surface area contributed by atoms with E-state index in [0.29, 0.717) is 0 Å². The number of rotatable bonds is 4. The SMILES string of the molecule is CCCc1cccc(C)c1N(C)S(C)(=O)=O. The summed E-state index contributed by atoms with van der Waals surface area (Å²) in [4.78, 5) is 0. The molecule has 0 bridgehead atoms. The molecule has 0 atom stereocenters. The molecule has 4 heteroatoms. The number of aryl methyl sites for hydroxylation is 2. The van der Waals surface area contributed by atoms with Gasteiger partial charge < -0.3 is 0 Å². The van der Waals surface area contributed by atoms with Gasteiger partial charge in [-0.05, 0) is 24.5 Å². The van der Waals surface area contributed by atoms with E-state index in [1.165, 1.54) is 10.6 Å². The molecule has 0 spiro atoms. The summed E-state index contributed by atoms with van der Waals surface area (Å²) in [6.45, 7) is 4.03. The van der Waals surface area contributed by atoms with Crippen molar-refractivity contribution in [2.24, 2.45) is 0 Å². The smallest absolute Gasteiger partial charge is 0.232 e. The van der Waals surface area contributed by atoms with Crippen molar-refractivity contribution in [2.75, 3.05) is 17.6 Å². The second-order valence-corrected chi connectivity index (χ2v) is 6.08. The molecule has 0 amide bonds. The van der Waals surface area contributed by atoms with Crippen LogP contribution in [0.2, 0.25) is 0 Å². The first-order chi connectivity index (χ1) is 7.38. The maximum absolute atomic E-state index is 11.6. The van der Waals surface area contributed by atoms with Gasteiger partial charge in [-0.1, -0.05) is 31.5 Å². The van der Waals surface area contributed by atoms with Crippen molar-refractivity contribution in [3.63, 3.8) is 0 Å². The molecule has 16 heavy (non-hydrogen) atoms. The Balaban J connectivity index is 3.30. The number of sulfonamides is 1. The largest absolute Gasteiger partial charge is 0.273 e. The van der Waals surface area contributed by atoms with E-state index in [0.717, 1.165) is 29.7 Å². The molecule has 1 rings (SSSR count). The molecule has 0 aliphatic rings. The van der Waals surface area contributed by atoms with Crippen molar-refractivity contribution in [2.45, 2.75) is 26.7 Å². The van der Waals surface area contributed by atoms with Gasteiger partial charge in [0.15, 0.2) is 0 Å². The fourth-order valence-electron chi connectivity index (χ4n) is 1.81. The Kier molecular flexibility index (Phi) is 3.97. The standard InChI is InChI=1S/C12H19NO2S/c1-5-7-11-9-6-8-10(2)12(11)13(3)16(4,14)15/h6,8-9H,5,7H2,1-4H3. The van der Waals surface area contributed by atoms with E-state index in [9.17, 15) is 8.42 Å². The minimum atomic E-state index is -3.19. The lowest BCUT2D eigenvalue weighted by molar-refractivity contribution is 0.600. The first-order valence-electron chi connectivity index (χ1n) is 5.40. The van der Waals surface area contributed by atoms with Crippen LogP contribution in [-0.2, 0) is 16.4 Å². The molecule has 0 unspecified atom stereocenters. The topological polar surface area (TPSA) is 37.4 Å². The van der Waals surface area contributed by atoms with E-state index < -0.39 is 10.0 Å². The van der Waals surface area contributed by atoms with Gasteiger partial charge >= 0.3 is 0 Å². The van der Waals surface area contributed by atoms with Crippen LogP contribution < -0.4 is 4.31 Å². The van der Waals surface area contributed by atoms with Crippen molar-refractivity contribution in [1.29, 1.82) is 0 Å². The predicted molar refractivity (Wildman–Crippen MR) is 68.4 cm³/mol. The van der Waals surface area contributed by atoms with Crippen LogP contribution in [0.5, 0.6) is 0 Å². The molecule has 1 aromatic carbocycles. The van der Waals surface area contributed by atoms with Crippen molar-refractivity contribution in [3.05, 3.63) is 29.3 Å². The van der Waals surface area contributed by atoms with Crippen LogP contribution in [0.4, 0.5) is 5.69 Å². The van der Waals surface area contributed by atoms with E-state index in [1.54, 1.807) is 7.05 Å². The molecular weight excluding hydrogens is 222 g/mol. The second-order valence-electron chi connectivity index (χ2n) is 4.06. The van der Waals surface area contributed by atoms with Gasteiger partial charge in [0.05, 0.1) is 11.9 Å². The van der Waals surface area contributed by atoms with Gasteiger partial charge in [-0.25, -0.2) is 8.42 Å². The highest BCUT2D eigenvalue weighted by atomic mass is 32.2. The lowest BCUT2D eigenvalue weighted by Gasteiger charge is -2.22. The van der Waals surface area contributed by atoms with Gasteiger partial charge in [-0.15, -0.1) is 0 Å². The lowest BCUT2D eigenvalue weighted by Crippen LogP contribution is -2.26. The minimum absolute atomic E-state index is 0.826. The molecule has 3 nitrogen and oxygen atoms in total. The summed E-state index contributed by atoms with van der Waals surface area (Å²) in [6, 6.07) is 5.91. The summed E-state index contributed by atoms with van der Waals surface area (Å²) in [5.41, 5.74) is 2.92. The van der Waals surface area contributed by atoms with Crippen LogP contribution >= 0.6 is 0 Å². The zero-order valence-electron chi connectivity index (χ0n) is 10.3. The monoisotopic (exact) mass is 241 g/mol. The summed E-state index contributed by atoms with van der Waals surface area (Å²) in [5.74, 6) is 0. The number of para-hydroxylation sites is 1. The molecule has 90 valence electrons. The Bertz CT molecular complexity index is 466. The van der Waals surface area contributed by atoms with Crippen LogP contribution in [0.15, 0.2) is 18.2 Å². The van der Waals surface area contributed by atoms with Crippen molar-refractivity contribution in [1.82, 2.24) is 0 Å². The summed E-state index contributed by atoms with van der Waals surface area (Å²) < 4.78 is 24.5. The quantitative estimate of drug-likeness (QED) is 0.811. The van der Waals surface area contributed by atoms with E-state index in [4.69, 9.17) is 0 Å². The van der Waals surface area contributed by atoms with Crippen molar-refractivity contribution < 1.29 is 8.42 Å². The van der Waals surface area contributed by atoms with Crippen LogP contribution in [-0.4, -0.2) is 21.7 Å². The molecule has 0 heterocycles. The maximum Gasteiger partial charge on any atom is 0.232 e. The number of hydrogen-bond donors (Lipinski definition) is 0. The van der Waals surface area contributed by atoms with Gasteiger partial charge in [-0.2, -0.15) is 0 Å². The van der Waals surface area contributed by atoms with E-state index in [-0.39, 0.29) is 0 Å². The van der Waals surface area contributed by atoms with Crippen molar-refractivity contribution in [3.8, 4) is 0 Å². The first kappa shape index (κ1) is 13.0. The number of hydrogen-bond acceptors (Lipinski definition) is 2. The van der Waals surface area contributed by atoms with Gasteiger partial charge in [-0.3, -0.25) is 4.31 Å². The van der Waals surface area contributed by atoms with Crippen LogP contribution in [0, 0.1) is 6.92 Å². The fraction of sp³-hybridized carbons (Fsp3) is 0.500. The number of nitrogens with zero attached hydrogens (tertiary/aromatic N) is 1. The summed E-state index contributed by atoms with van der Waals surface area (Å²) in [6.07, 6.45) is 3.14. The second kappa shape index (κ2) is 4.87. The molecule has 0 fully saturated rings. The number of benzene rings is 1. The Hall–Kier alpha value is -1.03. The third kappa shape index (κ3) is 2.76. The molecule has 0 aliphatic heterocycles. The van der Waals surface area contributed by atoms with Crippen LogP contribution in [0.25, 0.3) is 0 Å². The minimum Gasteiger partial charge on any atom is -0.273 e. The highest BCUT2D eigenvalue weighted by Gasteiger charge is 2.17. The van der Waals surface area contributed by atoms with E-state index in [2.05, 4.69) is 6.92 Å². The highest BCUT2D eigenvalue weighted by Crippen LogP contribution is 2.26. The van der Waals surface area contributed by atoms with Gasteiger partial charge in [0, 0.05) is 7.05 Å². The third-order valence-electron chi connectivity index (χ3n) is 2.65. The molecule has 0 saturated heterocycles. The Labute approximate surface area is 98.1 Å². The fourth-order valence-corrected chi connectivity index (χ4v) is 2.40. The highest BCUT2D eigenvalue weighted by molar-refractivity contribution is 7.92. The third-order valence-corrected chi connectivity index (χ3v) is 3.83. The Morgan fingerprint density at radius 2 is 1.94 bits per heavy atom. The van der Waals surface area contributed by atoms with Gasteiger partial charge in [0.2, 0.25) is 10.0 Å². The Morgan fingerprint density at radius 1 is 1.31 bits per heavy atom. The molecule has 0 saturated carbocycles. The van der Waals surface area contributed by atoms with Gasteiger partial charge in [0.1, 0.15) is 0 Å². The molecule has 0 aromatic heterocycles. The molecule has 1 aromatic rings. The molecule has 0 N–H and O–H groups in total. The zero-order valence-corrected chi connectivity index (χ0v) is 11.1. The molecule has 0 aliphatic carbocycles. The lowest BCUT2D eigenvalue weighted by atomic mass is 10.0. The Morgan fingerprint density at radius 3 is 2.44 bits per heavy atom. The summed E-state index contributed by atoms with van der Waals surface area (Å²) in [7, 11) is -1.58. The maximum atomic E-state index is 11.6. The molecule has 0 radical (unpaired) electrons. The van der Waals surface area contributed by atoms with E-state index >= 15 is 0 Å². The normalized spacial score (nSPS) is 11.5. The number of anilines is 1. The zero-order chi connectivity index (χ0) is 12.3. The molecular formula is C12H19NO2S. The van der Waals surface area contributed by atoms with Crippen LogP contribution in [0.1, 0.15) is 24.5 Å². The average molecular weight is 241 g/mol. The summed E-state index contributed by atoms with van der Waals surface area (Å²) in [5, 5.41) is 0. The van der Waals surface area contributed by atoms with Crippen LogP contribution in [0.3, 0.4) is 0 Å². The summed E-state index contributed by atoms with van der Waals surface area (Å²) >= 11 is 0. The van der Waals surface area contributed by atoms with E-state index in [1.807, 2.05) is 25.1 Å². The van der Waals surface area contributed by atoms with Crippen molar-refractivity contribution >= 4 is 15.7 Å². The average Bonchev–Trinajstić information content (AvgIpc) is 2.16.